The number of carbonyl (C=O) groups is 3. The van der Waals surface area contributed by atoms with E-state index in [1.807, 2.05) is 55.6 Å². The van der Waals surface area contributed by atoms with Gasteiger partial charge >= 0.3 is 6.09 Å². The summed E-state index contributed by atoms with van der Waals surface area (Å²) < 4.78 is 6.62. The summed E-state index contributed by atoms with van der Waals surface area (Å²) in [5, 5.41) is 7.63. The number of pyridine rings is 1. The second-order valence-electron chi connectivity index (χ2n) is 8.81. The Labute approximate surface area is 217 Å². The molecule has 0 saturated carbocycles. The van der Waals surface area contributed by atoms with Crippen molar-refractivity contribution >= 4 is 34.4 Å². The first-order chi connectivity index (χ1) is 17.7. The predicted molar refractivity (Wildman–Crippen MR) is 141 cm³/mol. The zero-order chi connectivity index (χ0) is 26.4. The lowest BCUT2D eigenvalue weighted by Crippen LogP contribution is -2.34. The van der Waals surface area contributed by atoms with Crippen molar-refractivity contribution in [2.75, 3.05) is 18.5 Å². The van der Waals surface area contributed by atoms with E-state index in [4.69, 9.17) is 10.5 Å². The highest BCUT2D eigenvalue weighted by atomic mass is 32.1. The fraction of sp³-hybridized carbons (Fsp3) is 0.192. The molecule has 0 aliphatic heterocycles. The fourth-order valence-corrected chi connectivity index (χ4v) is 4.26. The van der Waals surface area contributed by atoms with Crippen LogP contribution in [0.2, 0.25) is 0 Å². The van der Waals surface area contributed by atoms with E-state index in [1.165, 1.54) is 11.3 Å². The van der Waals surface area contributed by atoms with Crippen LogP contribution in [0.25, 0.3) is 22.4 Å². The Kier molecular flexibility index (Phi) is 7.63. The highest BCUT2D eigenvalue weighted by Crippen LogP contribution is 2.28. The summed E-state index contributed by atoms with van der Waals surface area (Å²) in [6, 6.07) is 13.5. The minimum atomic E-state index is -0.866. The Balaban J connectivity index is 1.32. The molecular formula is C26H26N6O4S. The summed E-state index contributed by atoms with van der Waals surface area (Å²) in [6.07, 6.45) is 5.94. The Bertz CT molecular complexity index is 1410. The van der Waals surface area contributed by atoms with Crippen LogP contribution in [0.4, 0.5) is 9.93 Å². The first-order valence-corrected chi connectivity index (χ1v) is 12.2. The van der Waals surface area contributed by atoms with Gasteiger partial charge in [0.05, 0.1) is 23.3 Å². The van der Waals surface area contributed by atoms with Crippen LogP contribution in [0.1, 0.15) is 24.2 Å². The number of thiazole rings is 1. The maximum Gasteiger partial charge on any atom is 0.404 e. The number of aromatic nitrogens is 3. The molecule has 1 aromatic carbocycles. The van der Waals surface area contributed by atoms with Crippen LogP contribution in [0.5, 0.6) is 0 Å². The number of primary amides is 1. The molecule has 0 atom stereocenters. The molecule has 3 amide bonds. The third-order valence-corrected chi connectivity index (χ3v) is 6.31. The summed E-state index contributed by atoms with van der Waals surface area (Å²) in [5.74, 6) is -0.803. The molecule has 4 aromatic rings. The average molecular weight is 519 g/mol. The molecule has 11 heteroatoms. The Hall–Kier alpha value is -4.51. The van der Waals surface area contributed by atoms with Gasteiger partial charge < -0.3 is 25.7 Å². The zero-order valence-corrected chi connectivity index (χ0v) is 21.1. The molecule has 0 fully saturated rings. The van der Waals surface area contributed by atoms with E-state index in [9.17, 15) is 14.4 Å². The van der Waals surface area contributed by atoms with Crippen LogP contribution in [0.15, 0.2) is 72.6 Å². The number of anilines is 1. The van der Waals surface area contributed by atoms with Crippen LogP contribution >= 0.6 is 11.3 Å². The van der Waals surface area contributed by atoms with Gasteiger partial charge in [-0.2, -0.15) is 0 Å². The van der Waals surface area contributed by atoms with E-state index in [2.05, 4.69) is 20.6 Å². The van der Waals surface area contributed by atoms with Gasteiger partial charge in [-0.15, -0.1) is 11.3 Å². The smallest absolute Gasteiger partial charge is 0.404 e. The molecular weight excluding hydrogens is 492 g/mol. The van der Waals surface area contributed by atoms with Gasteiger partial charge in [0.2, 0.25) is 5.91 Å². The fourth-order valence-electron chi connectivity index (χ4n) is 3.52. The quantitative estimate of drug-likeness (QED) is 0.307. The van der Waals surface area contributed by atoms with Crippen molar-refractivity contribution in [3.63, 3.8) is 0 Å². The predicted octanol–water partition coefficient (Wildman–Crippen LogP) is 3.87. The molecule has 0 unspecified atom stereocenters. The minimum Gasteiger partial charge on any atom is -0.447 e. The molecule has 3 aromatic heterocycles. The standard InChI is InChI=1S/C26H26N6O4S/c1-26(2,16-36-24(27)35)32-11-8-20(14-32)23(34)29-13-22(33)31-25-30-21(15-37-25)19-5-3-4-18(12-19)17-6-9-28-10-7-17/h3-12,14-15H,13,16H2,1-2H3,(H2,27,35)(H,29,34)(H,30,31,33). The number of amides is 3. The number of hydrogen-bond acceptors (Lipinski definition) is 7. The number of nitrogens with one attached hydrogen (secondary N) is 2. The number of carbonyl (C=O) groups excluding carboxylic acids is 3. The van der Waals surface area contributed by atoms with Crippen LogP contribution < -0.4 is 16.4 Å². The maximum atomic E-state index is 12.5. The highest BCUT2D eigenvalue weighted by Gasteiger charge is 2.23. The lowest BCUT2D eigenvalue weighted by Gasteiger charge is -2.26. The second kappa shape index (κ2) is 11.0. The Morgan fingerprint density at radius 1 is 1.08 bits per heavy atom. The Morgan fingerprint density at radius 3 is 2.59 bits per heavy atom. The van der Waals surface area contributed by atoms with E-state index < -0.39 is 23.4 Å². The van der Waals surface area contributed by atoms with Gasteiger partial charge in [-0.3, -0.25) is 14.6 Å². The van der Waals surface area contributed by atoms with Gasteiger partial charge in [0, 0.05) is 35.7 Å². The lowest BCUT2D eigenvalue weighted by molar-refractivity contribution is -0.115. The number of ether oxygens (including phenoxy) is 1. The van der Waals surface area contributed by atoms with Crippen molar-refractivity contribution in [3.8, 4) is 22.4 Å². The number of rotatable bonds is 9. The van der Waals surface area contributed by atoms with Crippen LogP contribution in [-0.2, 0) is 15.1 Å². The van der Waals surface area contributed by atoms with E-state index in [0.29, 0.717) is 10.7 Å². The van der Waals surface area contributed by atoms with Gasteiger partial charge in [-0.25, -0.2) is 9.78 Å². The van der Waals surface area contributed by atoms with Crippen LogP contribution in [-0.4, -0.2) is 45.6 Å². The van der Waals surface area contributed by atoms with Crippen molar-refractivity contribution in [1.82, 2.24) is 19.9 Å². The van der Waals surface area contributed by atoms with E-state index in [-0.39, 0.29) is 13.2 Å². The SMILES string of the molecule is CC(C)(COC(N)=O)n1ccc(C(=O)NCC(=O)Nc2nc(-c3cccc(-c4ccncc4)c3)cs2)c1. The minimum absolute atomic E-state index is 0.0459. The molecule has 0 spiro atoms. The molecule has 4 N–H and O–H groups in total. The van der Waals surface area contributed by atoms with Gasteiger partial charge in [-0.05, 0) is 49.2 Å². The van der Waals surface area contributed by atoms with E-state index in [0.717, 1.165) is 22.4 Å². The number of hydrogen-bond donors (Lipinski definition) is 3. The summed E-state index contributed by atoms with van der Waals surface area (Å²) in [6.45, 7) is 3.50. The molecule has 37 heavy (non-hydrogen) atoms. The largest absolute Gasteiger partial charge is 0.447 e. The molecule has 0 aliphatic carbocycles. The lowest BCUT2D eigenvalue weighted by atomic mass is 10.0. The average Bonchev–Trinajstić information content (AvgIpc) is 3.58. The molecule has 3 heterocycles. The molecule has 190 valence electrons. The second-order valence-corrected chi connectivity index (χ2v) is 9.67. The first kappa shape index (κ1) is 25.6. The van der Waals surface area contributed by atoms with Crippen molar-refractivity contribution in [1.29, 1.82) is 0 Å². The van der Waals surface area contributed by atoms with E-state index in [1.54, 1.807) is 35.4 Å². The van der Waals surface area contributed by atoms with Crippen molar-refractivity contribution in [3.05, 3.63) is 78.2 Å². The molecule has 0 saturated heterocycles. The summed E-state index contributed by atoms with van der Waals surface area (Å²) in [7, 11) is 0. The molecule has 0 radical (unpaired) electrons. The highest BCUT2D eigenvalue weighted by molar-refractivity contribution is 7.14. The normalized spacial score (nSPS) is 11.1. The van der Waals surface area contributed by atoms with Gasteiger partial charge in [0.25, 0.3) is 5.91 Å². The summed E-state index contributed by atoms with van der Waals surface area (Å²) in [4.78, 5) is 44.4. The van der Waals surface area contributed by atoms with Crippen molar-refractivity contribution in [2.24, 2.45) is 5.73 Å². The Morgan fingerprint density at radius 2 is 1.84 bits per heavy atom. The molecule has 10 nitrogen and oxygen atoms in total. The van der Waals surface area contributed by atoms with Crippen molar-refractivity contribution in [2.45, 2.75) is 19.4 Å². The number of benzene rings is 1. The maximum absolute atomic E-state index is 12.5. The number of nitrogens with two attached hydrogens (primary N) is 1. The van der Waals surface area contributed by atoms with Gasteiger partial charge in [-0.1, -0.05) is 18.2 Å². The van der Waals surface area contributed by atoms with E-state index >= 15 is 0 Å². The van der Waals surface area contributed by atoms with Crippen LogP contribution in [0, 0.1) is 0 Å². The third kappa shape index (κ3) is 6.58. The molecule has 0 bridgehead atoms. The molecule has 0 aliphatic rings. The van der Waals surface area contributed by atoms with Crippen LogP contribution in [0.3, 0.4) is 0 Å². The molecule has 4 rings (SSSR count). The number of nitrogens with zero attached hydrogens (tertiary/aromatic N) is 3. The monoisotopic (exact) mass is 518 g/mol. The third-order valence-electron chi connectivity index (χ3n) is 5.55. The summed E-state index contributed by atoms with van der Waals surface area (Å²) >= 11 is 1.30. The van der Waals surface area contributed by atoms with Crippen molar-refractivity contribution < 1.29 is 19.1 Å². The topological polar surface area (TPSA) is 141 Å². The first-order valence-electron chi connectivity index (χ1n) is 11.4. The van der Waals surface area contributed by atoms with Gasteiger partial charge in [0.15, 0.2) is 5.13 Å². The van der Waals surface area contributed by atoms with Gasteiger partial charge in [0.1, 0.15) is 6.61 Å². The zero-order valence-electron chi connectivity index (χ0n) is 20.3. The summed E-state index contributed by atoms with van der Waals surface area (Å²) in [5.41, 5.74) is 8.55.